The fraction of sp³-hybridized carbons (Fsp3) is 0.0769. The van der Waals surface area contributed by atoms with Crippen molar-refractivity contribution in [3.63, 3.8) is 0 Å². The highest BCUT2D eigenvalue weighted by Gasteiger charge is 2.23. The number of aromatic nitrogens is 1. The fourth-order valence-electron chi connectivity index (χ4n) is 1.58. The highest BCUT2D eigenvalue weighted by atomic mass is 16.6. The van der Waals surface area contributed by atoms with Crippen molar-refractivity contribution in [2.75, 3.05) is 12.4 Å². The van der Waals surface area contributed by atoms with Gasteiger partial charge in [0.25, 0.3) is 0 Å². The standard InChI is InChI=1S/C13H10N4O3/c1-15-10-2-4-11(5-3-10)20-13-12(17(18)19)9(8-14)6-7-16-13/h2-7,15H,1H3. The Morgan fingerprint density at radius 1 is 1.35 bits per heavy atom. The molecule has 1 heterocycles. The number of nitriles is 1. The molecule has 1 aromatic carbocycles. The van der Waals surface area contributed by atoms with E-state index in [0.29, 0.717) is 5.75 Å². The van der Waals surface area contributed by atoms with Gasteiger partial charge in [0.2, 0.25) is 0 Å². The van der Waals surface area contributed by atoms with E-state index < -0.39 is 10.6 Å². The van der Waals surface area contributed by atoms with Crippen molar-refractivity contribution < 1.29 is 9.66 Å². The molecule has 0 atom stereocenters. The summed E-state index contributed by atoms with van der Waals surface area (Å²) in [7, 11) is 1.78. The van der Waals surface area contributed by atoms with E-state index in [4.69, 9.17) is 10.00 Å². The van der Waals surface area contributed by atoms with E-state index in [1.165, 1.54) is 12.3 Å². The van der Waals surface area contributed by atoms with Crippen LogP contribution in [0.15, 0.2) is 36.5 Å². The molecule has 1 aromatic heterocycles. The van der Waals surface area contributed by atoms with Crippen LogP contribution in [0.3, 0.4) is 0 Å². The quantitative estimate of drug-likeness (QED) is 0.677. The summed E-state index contributed by atoms with van der Waals surface area (Å²) in [6.45, 7) is 0. The Labute approximate surface area is 114 Å². The van der Waals surface area contributed by atoms with E-state index in [1.54, 1.807) is 37.4 Å². The van der Waals surface area contributed by atoms with E-state index in [-0.39, 0.29) is 11.4 Å². The molecule has 2 aromatic rings. The van der Waals surface area contributed by atoms with Crippen molar-refractivity contribution >= 4 is 11.4 Å². The first-order valence-electron chi connectivity index (χ1n) is 5.65. The van der Waals surface area contributed by atoms with Crippen LogP contribution in [-0.4, -0.2) is 17.0 Å². The first kappa shape index (κ1) is 13.3. The molecule has 0 fully saturated rings. The molecule has 2 rings (SSSR count). The zero-order chi connectivity index (χ0) is 14.5. The Kier molecular flexibility index (Phi) is 3.77. The van der Waals surface area contributed by atoms with Crippen LogP contribution in [0.1, 0.15) is 5.56 Å². The number of nitrogens with zero attached hydrogens (tertiary/aromatic N) is 3. The van der Waals surface area contributed by atoms with Gasteiger partial charge in [0.15, 0.2) is 0 Å². The number of ether oxygens (including phenoxy) is 1. The van der Waals surface area contributed by atoms with E-state index in [9.17, 15) is 10.1 Å². The minimum Gasteiger partial charge on any atom is -0.434 e. The van der Waals surface area contributed by atoms with Crippen LogP contribution in [0.4, 0.5) is 11.4 Å². The van der Waals surface area contributed by atoms with Crippen molar-refractivity contribution in [1.29, 1.82) is 5.26 Å². The minimum atomic E-state index is -0.678. The number of nitrogens with one attached hydrogen (secondary N) is 1. The first-order valence-corrected chi connectivity index (χ1v) is 5.65. The summed E-state index contributed by atoms with van der Waals surface area (Å²) in [6, 6.07) is 9.84. The normalized spacial score (nSPS) is 9.60. The zero-order valence-electron chi connectivity index (χ0n) is 10.5. The molecule has 7 nitrogen and oxygen atoms in total. The van der Waals surface area contributed by atoms with E-state index >= 15 is 0 Å². The van der Waals surface area contributed by atoms with Gasteiger partial charge in [-0.3, -0.25) is 10.1 Å². The molecule has 0 aliphatic rings. The lowest BCUT2D eigenvalue weighted by Crippen LogP contribution is -1.98. The average molecular weight is 270 g/mol. The van der Waals surface area contributed by atoms with Gasteiger partial charge in [-0.05, 0) is 30.3 Å². The second-order valence-electron chi connectivity index (χ2n) is 3.76. The zero-order valence-corrected chi connectivity index (χ0v) is 10.5. The van der Waals surface area contributed by atoms with Gasteiger partial charge in [-0.2, -0.15) is 5.26 Å². The number of benzene rings is 1. The largest absolute Gasteiger partial charge is 0.434 e. The third-order valence-electron chi connectivity index (χ3n) is 2.55. The molecule has 0 radical (unpaired) electrons. The number of pyridine rings is 1. The van der Waals surface area contributed by atoms with E-state index in [1.807, 2.05) is 0 Å². The van der Waals surface area contributed by atoms with Crippen LogP contribution < -0.4 is 10.1 Å². The van der Waals surface area contributed by atoms with Gasteiger partial charge < -0.3 is 10.1 Å². The van der Waals surface area contributed by atoms with Crippen LogP contribution in [0, 0.1) is 21.4 Å². The maximum absolute atomic E-state index is 11.0. The Balaban J connectivity index is 2.38. The lowest BCUT2D eigenvalue weighted by molar-refractivity contribution is -0.386. The summed E-state index contributed by atoms with van der Waals surface area (Å²) in [6.07, 6.45) is 1.29. The van der Waals surface area contributed by atoms with Crippen LogP contribution >= 0.6 is 0 Å². The first-order chi connectivity index (χ1) is 9.65. The summed E-state index contributed by atoms with van der Waals surface area (Å²) < 4.78 is 5.38. The molecule has 0 amide bonds. The molecule has 0 saturated carbocycles. The maximum Gasteiger partial charge on any atom is 0.348 e. The van der Waals surface area contributed by atoms with Crippen molar-refractivity contribution in [2.45, 2.75) is 0 Å². The number of hydrogen-bond donors (Lipinski definition) is 1. The number of anilines is 1. The second kappa shape index (κ2) is 5.67. The Bertz CT molecular complexity index is 677. The van der Waals surface area contributed by atoms with Gasteiger partial charge in [-0.25, -0.2) is 4.98 Å². The molecule has 20 heavy (non-hydrogen) atoms. The van der Waals surface area contributed by atoms with Crippen LogP contribution in [-0.2, 0) is 0 Å². The molecule has 0 unspecified atom stereocenters. The van der Waals surface area contributed by atoms with Crippen molar-refractivity contribution in [3.8, 4) is 17.7 Å². The Morgan fingerprint density at radius 2 is 2.05 bits per heavy atom. The summed E-state index contributed by atoms with van der Waals surface area (Å²) in [5, 5.41) is 22.8. The average Bonchev–Trinajstić information content (AvgIpc) is 2.47. The van der Waals surface area contributed by atoms with Crippen molar-refractivity contribution in [3.05, 3.63) is 52.2 Å². The fourth-order valence-corrected chi connectivity index (χ4v) is 1.58. The van der Waals surface area contributed by atoms with Crippen molar-refractivity contribution in [2.24, 2.45) is 0 Å². The molecular weight excluding hydrogens is 260 g/mol. The Hall–Kier alpha value is -3.14. The smallest absolute Gasteiger partial charge is 0.348 e. The molecule has 0 aliphatic heterocycles. The van der Waals surface area contributed by atoms with Gasteiger partial charge in [0.05, 0.1) is 4.92 Å². The third-order valence-corrected chi connectivity index (χ3v) is 2.55. The monoisotopic (exact) mass is 270 g/mol. The second-order valence-corrected chi connectivity index (χ2v) is 3.76. The Morgan fingerprint density at radius 3 is 2.60 bits per heavy atom. The minimum absolute atomic E-state index is 0.0909. The lowest BCUT2D eigenvalue weighted by atomic mass is 10.2. The summed E-state index contributed by atoms with van der Waals surface area (Å²) in [4.78, 5) is 14.2. The molecule has 1 N–H and O–H groups in total. The highest BCUT2D eigenvalue weighted by molar-refractivity contribution is 5.56. The molecule has 7 heteroatoms. The predicted octanol–water partition coefficient (Wildman–Crippen LogP) is 2.70. The molecule has 0 aliphatic carbocycles. The van der Waals surface area contributed by atoms with Gasteiger partial charge in [0.1, 0.15) is 17.4 Å². The van der Waals surface area contributed by atoms with E-state index in [2.05, 4.69) is 10.3 Å². The molecule has 100 valence electrons. The topological polar surface area (TPSA) is 101 Å². The summed E-state index contributed by atoms with van der Waals surface area (Å²) in [5.74, 6) is 0.195. The number of hydrogen-bond acceptors (Lipinski definition) is 6. The molecule has 0 bridgehead atoms. The third kappa shape index (κ3) is 2.64. The predicted molar refractivity (Wildman–Crippen MR) is 71.7 cm³/mol. The van der Waals surface area contributed by atoms with Crippen molar-refractivity contribution in [1.82, 2.24) is 4.98 Å². The summed E-state index contributed by atoms with van der Waals surface area (Å²) >= 11 is 0. The van der Waals surface area contributed by atoms with Crippen LogP contribution in [0.2, 0.25) is 0 Å². The van der Waals surface area contributed by atoms with Gasteiger partial charge >= 0.3 is 11.6 Å². The lowest BCUT2D eigenvalue weighted by Gasteiger charge is -2.06. The van der Waals surface area contributed by atoms with Gasteiger partial charge in [-0.1, -0.05) is 0 Å². The molecular formula is C13H10N4O3. The van der Waals surface area contributed by atoms with Crippen LogP contribution in [0.25, 0.3) is 0 Å². The number of nitro groups is 1. The van der Waals surface area contributed by atoms with Gasteiger partial charge in [0, 0.05) is 18.9 Å². The highest BCUT2D eigenvalue weighted by Crippen LogP contribution is 2.31. The van der Waals surface area contributed by atoms with Gasteiger partial charge in [-0.15, -0.1) is 0 Å². The summed E-state index contributed by atoms with van der Waals surface area (Å²) in [5.41, 5.74) is 0.352. The SMILES string of the molecule is CNc1ccc(Oc2nccc(C#N)c2[N+](=O)[O-])cc1. The molecule has 0 saturated heterocycles. The number of rotatable bonds is 4. The van der Waals surface area contributed by atoms with E-state index in [0.717, 1.165) is 5.69 Å². The molecule has 0 spiro atoms. The maximum atomic E-state index is 11.0. The van der Waals surface area contributed by atoms with Crippen LogP contribution in [0.5, 0.6) is 11.6 Å².